The van der Waals surface area contributed by atoms with Crippen LogP contribution in [0.2, 0.25) is 0 Å². The summed E-state index contributed by atoms with van der Waals surface area (Å²) < 4.78 is 10.4. The molecule has 3 rings (SSSR count). The first-order chi connectivity index (χ1) is 15.8. The van der Waals surface area contributed by atoms with Crippen molar-refractivity contribution in [3.8, 4) is 0 Å². The summed E-state index contributed by atoms with van der Waals surface area (Å²) in [5, 5.41) is 2.63. The highest BCUT2D eigenvalue weighted by atomic mass is 16.6. The Bertz CT molecular complexity index is 1060. The maximum Gasteiger partial charge on any atom is 0.354 e. The minimum Gasteiger partial charge on any atom is -0.464 e. The summed E-state index contributed by atoms with van der Waals surface area (Å²) in [7, 11) is 1.20. The topological polar surface area (TPSA) is 102 Å². The fraction of sp³-hybridized carbons (Fsp3) is 0.280. The lowest BCUT2D eigenvalue weighted by atomic mass is 10.0. The van der Waals surface area contributed by atoms with Crippen LogP contribution >= 0.6 is 0 Å². The van der Waals surface area contributed by atoms with E-state index >= 15 is 0 Å². The zero-order valence-corrected chi connectivity index (χ0v) is 18.7. The average molecular weight is 450 g/mol. The summed E-state index contributed by atoms with van der Waals surface area (Å²) in [4.78, 5) is 51.5. The Morgan fingerprint density at radius 3 is 1.97 bits per heavy atom. The number of hydrogen-bond donors (Lipinski definition) is 1. The summed E-state index contributed by atoms with van der Waals surface area (Å²) >= 11 is 0. The van der Waals surface area contributed by atoms with Crippen LogP contribution in [0.15, 0.2) is 71.9 Å². The monoisotopic (exact) mass is 450 g/mol. The molecule has 1 fully saturated rings. The van der Waals surface area contributed by atoms with Crippen molar-refractivity contribution in [3.05, 3.63) is 83.1 Å². The molecule has 2 aromatic rings. The Labute approximate surface area is 192 Å². The molecular formula is C25H26N2O6. The number of allylic oxidation sites excluding steroid dienone is 1. The molecule has 2 amide bonds. The molecular weight excluding hydrogens is 424 g/mol. The number of likely N-dealkylation sites (tertiary alicyclic amines) is 1. The number of β-lactam (4-membered cyclic amide) rings is 1. The van der Waals surface area contributed by atoms with Gasteiger partial charge in [-0.3, -0.25) is 19.3 Å². The van der Waals surface area contributed by atoms with Gasteiger partial charge in [-0.1, -0.05) is 60.7 Å². The number of benzene rings is 2. The lowest BCUT2D eigenvalue weighted by molar-refractivity contribution is -0.189. The van der Waals surface area contributed by atoms with Gasteiger partial charge in [0.15, 0.2) is 6.04 Å². The molecule has 0 spiro atoms. The first-order valence-electron chi connectivity index (χ1n) is 10.5. The lowest BCUT2D eigenvalue weighted by Gasteiger charge is -2.46. The number of nitrogens with one attached hydrogen (secondary N) is 1. The molecule has 0 saturated carbocycles. The van der Waals surface area contributed by atoms with Crippen LogP contribution < -0.4 is 5.32 Å². The predicted molar refractivity (Wildman–Crippen MR) is 119 cm³/mol. The Morgan fingerprint density at radius 1 is 0.909 bits per heavy atom. The van der Waals surface area contributed by atoms with Crippen LogP contribution in [0.5, 0.6) is 0 Å². The highest BCUT2D eigenvalue weighted by molar-refractivity contribution is 6.01. The maximum absolute atomic E-state index is 12.9. The van der Waals surface area contributed by atoms with Crippen LogP contribution in [-0.4, -0.2) is 48.0 Å². The van der Waals surface area contributed by atoms with Crippen molar-refractivity contribution < 1.29 is 28.7 Å². The first-order valence-corrected chi connectivity index (χ1v) is 10.5. The van der Waals surface area contributed by atoms with Crippen molar-refractivity contribution in [1.29, 1.82) is 0 Å². The van der Waals surface area contributed by atoms with Gasteiger partial charge in [-0.2, -0.15) is 0 Å². The molecule has 0 radical (unpaired) electrons. The third kappa shape index (κ3) is 5.65. The number of hydrogen-bond acceptors (Lipinski definition) is 6. The van der Waals surface area contributed by atoms with Crippen LogP contribution in [0.1, 0.15) is 25.0 Å². The molecule has 1 N–H and O–H groups in total. The number of esters is 2. The number of ether oxygens (including phenoxy) is 2. The third-order valence-corrected chi connectivity index (χ3v) is 5.10. The average Bonchev–Trinajstić information content (AvgIpc) is 2.80. The summed E-state index contributed by atoms with van der Waals surface area (Å²) in [6.07, 6.45) is -1.13. The molecule has 0 aromatic heterocycles. The van der Waals surface area contributed by atoms with Gasteiger partial charge in [-0.05, 0) is 30.5 Å². The van der Waals surface area contributed by atoms with Gasteiger partial charge in [0.05, 0.1) is 20.0 Å². The van der Waals surface area contributed by atoms with Crippen molar-refractivity contribution in [2.45, 2.75) is 39.0 Å². The molecule has 0 bridgehead atoms. The van der Waals surface area contributed by atoms with Gasteiger partial charge < -0.3 is 14.8 Å². The van der Waals surface area contributed by atoms with E-state index in [1.807, 2.05) is 24.3 Å². The van der Waals surface area contributed by atoms with E-state index in [4.69, 9.17) is 9.47 Å². The molecule has 2 aromatic carbocycles. The third-order valence-electron chi connectivity index (χ3n) is 5.10. The normalized spacial score (nSPS) is 16.9. The molecule has 8 heteroatoms. The molecule has 1 heterocycles. The van der Waals surface area contributed by atoms with Gasteiger partial charge in [0, 0.05) is 0 Å². The second-order valence-corrected chi connectivity index (χ2v) is 7.80. The van der Waals surface area contributed by atoms with Gasteiger partial charge in [0.2, 0.25) is 12.1 Å². The van der Waals surface area contributed by atoms with Gasteiger partial charge in [-0.15, -0.1) is 0 Å². The van der Waals surface area contributed by atoms with Crippen molar-refractivity contribution >= 4 is 23.8 Å². The highest BCUT2D eigenvalue weighted by Crippen LogP contribution is 2.29. The molecule has 172 valence electrons. The fourth-order valence-electron chi connectivity index (χ4n) is 3.54. The fourth-order valence-corrected chi connectivity index (χ4v) is 3.54. The number of nitrogens with zero attached hydrogens (tertiary/aromatic N) is 1. The van der Waals surface area contributed by atoms with Crippen LogP contribution in [-0.2, 0) is 41.5 Å². The van der Waals surface area contributed by atoms with Crippen molar-refractivity contribution in [3.63, 3.8) is 0 Å². The van der Waals surface area contributed by atoms with Crippen LogP contribution in [0, 0.1) is 0 Å². The second-order valence-electron chi connectivity index (χ2n) is 7.80. The standard InChI is InChI=1S/C25H26N2O6/c1-16(2)22(25(31)32-3)27-23(30)21(26-19(28)14-17-10-6-4-7-11-17)24(27)33-20(29)15-18-12-8-5-9-13-18/h4-13,21,24H,14-15H2,1-3H3,(H,26,28)/t21-,24-/m1/s1. The Morgan fingerprint density at radius 2 is 1.45 bits per heavy atom. The van der Waals surface area contributed by atoms with Crippen molar-refractivity contribution in [2.24, 2.45) is 0 Å². The molecule has 1 aliphatic rings. The summed E-state index contributed by atoms with van der Waals surface area (Å²) in [6.45, 7) is 3.29. The quantitative estimate of drug-likeness (QED) is 0.376. The minimum absolute atomic E-state index is 0.0198. The molecule has 8 nitrogen and oxygen atoms in total. The minimum atomic E-state index is -1.17. The number of methoxy groups -OCH3 is 1. The summed E-state index contributed by atoms with van der Waals surface area (Å²) in [5.41, 5.74) is 2.00. The van der Waals surface area contributed by atoms with Crippen molar-refractivity contribution in [1.82, 2.24) is 10.2 Å². The molecule has 0 aliphatic carbocycles. The lowest BCUT2D eigenvalue weighted by Crippen LogP contribution is -2.72. The van der Waals surface area contributed by atoms with Gasteiger partial charge in [0.25, 0.3) is 5.91 Å². The second kappa shape index (κ2) is 10.6. The largest absolute Gasteiger partial charge is 0.464 e. The summed E-state index contributed by atoms with van der Waals surface area (Å²) in [6, 6.07) is 16.9. The van der Waals surface area contributed by atoms with E-state index < -0.39 is 36.0 Å². The number of rotatable bonds is 8. The van der Waals surface area contributed by atoms with E-state index in [-0.39, 0.29) is 18.5 Å². The predicted octanol–water partition coefficient (Wildman–Crippen LogP) is 2.13. The van der Waals surface area contributed by atoms with Gasteiger partial charge in [0.1, 0.15) is 5.70 Å². The molecule has 2 atom stereocenters. The van der Waals surface area contributed by atoms with E-state index in [9.17, 15) is 19.2 Å². The first kappa shape index (κ1) is 23.7. The van der Waals surface area contributed by atoms with Crippen LogP contribution in [0.4, 0.5) is 0 Å². The number of carbonyl (C=O) groups is 4. The van der Waals surface area contributed by atoms with Crippen molar-refractivity contribution in [2.75, 3.05) is 7.11 Å². The van der Waals surface area contributed by atoms with E-state index in [0.29, 0.717) is 5.57 Å². The van der Waals surface area contributed by atoms with E-state index in [1.54, 1.807) is 50.2 Å². The van der Waals surface area contributed by atoms with Crippen LogP contribution in [0.3, 0.4) is 0 Å². The zero-order chi connectivity index (χ0) is 24.0. The van der Waals surface area contributed by atoms with Gasteiger partial charge in [-0.25, -0.2) is 4.79 Å². The van der Waals surface area contributed by atoms with E-state index in [0.717, 1.165) is 16.0 Å². The highest BCUT2D eigenvalue weighted by Gasteiger charge is 2.54. The van der Waals surface area contributed by atoms with E-state index in [1.165, 1.54) is 7.11 Å². The Balaban J connectivity index is 1.79. The smallest absolute Gasteiger partial charge is 0.354 e. The Hall–Kier alpha value is -3.94. The maximum atomic E-state index is 12.9. The summed E-state index contributed by atoms with van der Waals surface area (Å²) in [5.74, 6) is -2.29. The number of carbonyl (C=O) groups excluding carboxylic acids is 4. The van der Waals surface area contributed by atoms with Crippen LogP contribution in [0.25, 0.3) is 0 Å². The zero-order valence-electron chi connectivity index (χ0n) is 18.7. The molecule has 1 saturated heterocycles. The molecule has 1 aliphatic heterocycles. The Kier molecular flexibility index (Phi) is 7.61. The molecule has 0 unspecified atom stereocenters. The van der Waals surface area contributed by atoms with E-state index in [2.05, 4.69) is 5.32 Å². The SMILES string of the molecule is COC(=O)C(=C(C)C)N1C(=O)[C@@H](NC(=O)Cc2ccccc2)[C@H]1OC(=O)Cc1ccccc1. The van der Waals surface area contributed by atoms with Gasteiger partial charge >= 0.3 is 11.9 Å². The molecule has 33 heavy (non-hydrogen) atoms. The number of amides is 2.